The zero-order chi connectivity index (χ0) is 28.0. The molecule has 0 aliphatic carbocycles. The quantitative estimate of drug-likeness (QED) is 0.380. The lowest BCUT2D eigenvalue weighted by Gasteiger charge is -2.43. The second-order valence-corrected chi connectivity index (χ2v) is 12.3. The third-order valence-corrected chi connectivity index (χ3v) is 7.65. The highest BCUT2D eigenvalue weighted by Crippen LogP contribution is 2.32. The number of carbonyl (C=O) groups is 1. The summed E-state index contributed by atoms with van der Waals surface area (Å²) in [6.45, 7) is 15.0. The van der Waals surface area contributed by atoms with Crippen LogP contribution in [-0.2, 0) is 27.2 Å². The summed E-state index contributed by atoms with van der Waals surface area (Å²) in [5.74, 6) is 0.0942. The van der Waals surface area contributed by atoms with Crippen molar-refractivity contribution in [2.24, 2.45) is 5.41 Å². The molecule has 0 N–H and O–H groups in total. The molecule has 0 unspecified atom stereocenters. The van der Waals surface area contributed by atoms with Gasteiger partial charge in [0.15, 0.2) is 5.79 Å². The molecule has 0 radical (unpaired) electrons. The summed E-state index contributed by atoms with van der Waals surface area (Å²) in [6.07, 6.45) is 3.06. The molecule has 1 amide bonds. The molecule has 2 aromatic carbocycles. The summed E-state index contributed by atoms with van der Waals surface area (Å²) in [6, 6.07) is 14.4. The average Bonchev–Trinajstić information content (AvgIpc) is 2.90. The first-order valence-corrected chi connectivity index (χ1v) is 14.3. The number of likely N-dealkylation sites (tertiary alicyclic amines) is 1. The first-order valence-electron chi connectivity index (χ1n) is 14.3. The number of amides is 1. The van der Waals surface area contributed by atoms with E-state index in [2.05, 4.69) is 18.7 Å². The van der Waals surface area contributed by atoms with E-state index in [1.165, 1.54) is 12.1 Å². The fraction of sp³-hybridized carbons (Fsp3) is 0.594. The molecule has 4 rings (SSSR count). The molecule has 7 heteroatoms. The average molecular weight is 541 g/mol. The minimum absolute atomic E-state index is 0.0578. The van der Waals surface area contributed by atoms with Crippen molar-refractivity contribution in [1.29, 1.82) is 0 Å². The van der Waals surface area contributed by atoms with E-state index < -0.39 is 5.79 Å². The van der Waals surface area contributed by atoms with Crippen LogP contribution in [0.4, 0.5) is 4.39 Å². The number of ether oxygens (including phenoxy) is 3. The monoisotopic (exact) mass is 540 g/mol. The number of halogens is 1. The van der Waals surface area contributed by atoms with Crippen molar-refractivity contribution in [3.8, 4) is 5.75 Å². The highest BCUT2D eigenvalue weighted by molar-refractivity contribution is 5.79. The fourth-order valence-corrected chi connectivity index (χ4v) is 5.18. The van der Waals surface area contributed by atoms with Gasteiger partial charge >= 0.3 is 0 Å². The van der Waals surface area contributed by atoms with E-state index in [4.69, 9.17) is 14.2 Å². The molecule has 0 spiro atoms. The first kappa shape index (κ1) is 29.5. The molecule has 39 heavy (non-hydrogen) atoms. The van der Waals surface area contributed by atoms with E-state index in [0.717, 1.165) is 55.8 Å². The van der Waals surface area contributed by atoms with Crippen LogP contribution >= 0.6 is 0 Å². The Kier molecular flexibility index (Phi) is 9.68. The molecule has 0 bridgehead atoms. The number of hydrogen-bond donors (Lipinski definition) is 0. The Hall–Kier alpha value is -2.48. The molecule has 0 saturated carbocycles. The van der Waals surface area contributed by atoms with Crippen LogP contribution in [0.3, 0.4) is 0 Å². The van der Waals surface area contributed by atoms with E-state index in [-0.39, 0.29) is 29.3 Å². The van der Waals surface area contributed by atoms with Crippen LogP contribution < -0.4 is 4.74 Å². The van der Waals surface area contributed by atoms with Crippen LogP contribution in [0.1, 0.15) is 65.0 Å². The molecule has 2 aliphatic rings. The minimum atomic E-state index is -0.535. The fourth-order valence-electron chi connectivity index (χ4n) is 5.18. The minimum Gasteiger partial charge on any atom is -0.491 e. The van der Waals surface area contributed by atoms with Gasteiger partial charge in [-0.3, -0.25) is 4.79 Å². The van der Waals surface area contributed by atoms with Gasteiger partial charge in [0.25, 0.3) is 0 Å². The van der Waals surface area contributed by atoms with Crippen molar-refractivity contribution in [3.63, 3.8) is 0 Å². The van der Waals surface area contributed by atoms with Crippen LogP contribution in [-0.4, -0.2) is 66.5 Å². The van der Waals surface area contributed by atoms with E-state index in [0.29, 0.717) is 26.2 Å². The zero-order valence-electron chi connectivity index (χ0n) is 24.2. The van der Waals surface area contributed by atoms with Crippen LogP contribution in [0.2, 0.25) is 0 Å². The standard InChI is InChI=1S/C32H45FN2O4/c1-24(2)39-29-12-8-25(9-13-29)20-30(36)35(21-26-6-10-27(33)11-7-26)28-14-17-34(18-15-28)19-16-32(5)37-22-31(3,4)23-38-32/h6-13,24,28H,14-23H2,1-5H3. The van der Waals surface area contributed by atoms with Crippen molar-refractivity contribution >= 4 is 5.91 Å². The lowest BCUT2D eigenvalue weighted by molar-refractivity contribution is -0.292. The second kappa shape index (κ2) is 12.8. The molecule has 6 nitrogen and oxygen atoms in total. The highest BCUT2D eigenvalue weighted by atomic mass is 19.1. The molecule has 2 saturated heterocycles. The molecule has 2 fully saturated rings. The maximum Gasteiger partial charge on any atom is 0.227 e. The number of carbonyl (C=O) groups excluding carboxylic acids is 1. The molecule has 0 atom stereocenters. The van der Waals surface area contributed by atoms with Gasteiger partial charge in [0.1, 0.15) is 11.6 Å². The summed E-state index contributed by atoms with van der Waals surface area (Å²) in [5, 5.41) is 0. The molecule has 214 valence electrons. The summed E-state index contributed by atoms with van der Waals surface area (Å²) in [5.41, 5.74) is 1.96. The molecule has 2 aromatic rings. The van der Waals surface area contributed by atoms with Gasteiger partial charge in [0.2, 0.25) is 5.91 Å². The van der Waals surface area contributed by atoms with Gasteiger partial charge in [-0.2, -0.15) is 0 Å². The molecule has 0 aromatic heterocycles. The Labute approximate surface area is 233 Å². The summed E-state index contributed by atoms with van der Waals surface area (Å²) < 4.78 is 31.4. The van der Waals surface area contributed by atoms with Gasteiger partial charge in [0, 0.05) is 44.1 Å². The zero-order valence-corrected chi connectivity index (χ0v) is 24.2. The number of rotatable bonds is 10. The van der Waals surface area contributed by atoms with Crippen molar-refractivity contribution in [1.82, 2.24) is 9.80 Å². The van der Waals surface area contributed by atoms with E-state index in [1.807, 2.05) is 49.9 Å². The van der Waals surface area contributed by atoms with Gasteiger partial charge in [-0.25, -0.2) is 4.39 Å². The third kappa shape index (κ3) is 8.75. The van der Waals surface area contributed by atoms with Gasteiger partial charge in [-0.1, -0.05) is 38.1 Å². The number of piperidine rings is 1. The van der Waals surface area contributed by atoms with Gasteiger partial charge in [-0.15, -0.1) is 0 Å². The second-order valence-electron chi connectivity index (χ2n) is 12.3. The van der Waals surface area contributed by atoms with E-state index in [9.17, 15) is 9.18 Å². The van der Waals surface area contributed by atoms with E-state index >= 15 is 0 Å². The lowest BCUT2D eigenvalue weighted by Crippen LogP contribution is -2.50. The van der Waals surface area contributed by atoms with Crippen LogP contribution in [0, 0.1) is 11.2 Å². The summed E-state index contributed by atoms with van der Waals surface area (Å²) in [4.78, 5) is 18.1. The van der Waals surface area contributed by atoms with Gasteiger partial charge in [-0.05, 0) is 69.0 Å². The van der Waals surface area contributed by atoms with E-state index in [1.54, 1.807) is 12.1 Å². The number of nitrogens with zero attached hydrogens (tertiary/aromatic N) is 2. The normalized spacial score (nSPS) is 19.7. The predicted molar refractivity (Wildman–Crippen MR) is 151 cm³/mol. The topological polar surface area (TPSA) is 51.2 Å². The number of benzene rings is 2. The molecular weight excluding hydrogens is 495 g/mol. The van der Waals surface area contributed by atoms with Crippen molar-refractivity contribution < 1.29 is 23.4 Å². The Morgan fingerprint density at radius 1 is 1.00 bits per heavy atom. The molecular formula is C32H45FN2O4. The van der Waals surface area contributed by atoms with Crippen molar-refractivity contribution in [2.75, 3.05) is 32.8 Å². The largest absolute Gasteiger partial charge is 0.491 e. The van der Waals surface area contributed by atoms with Crippen molar-refractivity contribution in [3.05, 3.63) is 65.5 Å². The predicted octanol–water partition coefficient (Wildman–Crippen LogP) is 5.83. The third-order valence-electron chi connectivity index (χ3n) is 7.65. The van der Waals surface area contributed by atoms with Crippen molar-refractivity contribution in [2.45, 2.75) is 84.8 Å². The molecule has 2 aliphatic heterocycles. The summed E-state index contributed by atoms with van der Waals surface area (Å²) >= 11 is 0. The Balaban J connectivity index is 1.36. The Morgan fingerprint density at radius 3 is 2.18 bits per heavy atom. The Morgan fingerprint density at radius 2 is 1.59 bits per heavy atom. The van der Waals surface area contributed by atoms with Crippen LogP contribution in [0.15, 0.2) is 48.5 Å². The first-order chi connectivity index (χ1) is 18.5. The SMILES string of the molecule is CC(C)Oc1ccc(CC(=O)N(Cc2ccc(F)cc2)C2CCN(CCC3(C)OCC(C)(C)CO3)CC2)cc1. The lowest BCUT2D eigenvalue weighted by atomic mass is 9.94. The van der Waals surface area contributed by atoms with Gasteiger partial charge in [0.05, 0.1) is 25.7 Å². The Bertz CT molecular complexity index is 1050. The van der Waals surface area contributed by atoms with Gasteiger partial charge < -0.3 is 24.0 Å². The molecule has 2 heterocycles. The maximum absolute atomic E-state index is 13.6. The van der Waals surface area contributed by atoms with Crippen LogP contribution in [0.5, 0.6) is 5.75 Å². The summed E-state index contributed by atoms with van der Waals surface area (Å²) in [7, 11) is 0. The highest BCUT2D eigenvalue weighted by Gasteiger charge is 2.37. The smallest absolute Gasteiger partial charge is 0.227 e. The number of hydrogen-bond acceptors (Lipinski definition) is 5. The van der Waals surface area contributed by atoms with Crippen LogP contribution in [0.25, 0.3) is 0 Å². The maximum atomic E-state index is 13.6.